The van der Waals surface area contributed by atoms with Crippen molar-refractivity contribution in [2.75, 3.05) is 13.1 Å². The molecule has 0 radical (unpaired) electrons. The van der Waals surface area contributed by atoms with E-state index in [9.17, 15) is 9.18 Å². The molecule has 2 rings (SSSR count). The number of amides is 1. The molecule has 20 heavy (non-hydrogen) atoms. The summed E-state index contributed by atoms with van der Waals surface area (Å²) in [6.07, 6.45) is -0.465. The zero-order valence-electron chi connectivity index (χ0n) is 12.1. The largest absolute Gasteiger partial charge is 0.444 e. The van der Waals surface area contributed by atoms with Crippen LogP contribution in [0.2, 0.25) is 0 Å². The zero-order chi connectivity index (χ0) is 14.8. The van der Waals surface area contributed by atoms with Crippen LogP contribution in [0, 0.1) is 5.82 Å². The number of hydrogen-bond acceptors (Lipinski definition) is 3. The van der Waals surface area contributed by atoms with E-state index in [4.69, 9.17) is 4.74 Å². The number of benzene rings is 1. The number of ether oxygens (including phenoxy) is 1. The van der Waals surface area contributed by atoms with Crippen molar-refractivity contribution in [3.05, 3.63) is 35.6 Å². The van der Waals surface area contributed by atoms with Crippen LogP contribution in [0.5, 0.6) is 0 Å². The molecule has 0 spiro atoms. The Kier molecular flexibility index (Phi) is 4.28. The minimum atomic E-state index is -0.538. The van der Waals surface area contributed by atoms with Crippen LogP contribution in [-0.2, 0) is 4.74 Å². The maximum atomic E-state index is 13.9. The van der Waals surface area contributed by atoms with Crippen molar-refractivity contribution in [2.45, 2.75) is 38.3 Å². The fourth-order valence-corrected chi connectivity index (χ4v) is 2.39. The lowest BCUT2D eigenvalue weighted by molar-refractivity contribution is 0.0504. The molecule has 1 aromatic carbocycles. The second kappa shape index (κ2) is 5.79. The van der Waals surface area contributed by atoms with Crippen LogP contribution >= 0.6 is 0 Å². The summed E-state index contributed by atoms with van der Waals surface area (Å²) in [5.74, 6) is -0.319. The molecule has 1 aliphatic heterocycles. The topological polar surface area (TPSA) is 50.4 Å². The van der Waals surface area contributed by atoms with Gasteiger partial charge in [-0.3, -0.25) is 0 Å². The van der Waals surface area contributed by atoms with Crippen LogP contribution in [0.4, 0.5) is 9.18 Å². The molecule has 1 fully saturated rings. The fourth-order valence-electron chi connectivity index (χ4n) is 2.39. The van der Waals surface area contributed by atoms with Crippen LogP contribution in [-0.4, -0.2) is 30.8 Å². The van der Waals surface area contributed by atoms with Gasteiger partial charge < -0.3 is 15.4 Å². The predicted octanol–water partition coefficient (Wildman–Crippen LogP) is 2.41. The first kappa shape index (κ1) is 14.8. The van der Waals surface area contributed by atoms with Crippen molar-refractivity contribution < 1.29 is 13.9 Å². The molecule has 4 nitrogen and oxygen atoms in total. The van der Waals surface area contributed by atoms with Gasteiger partial charge in [0.2, 0.25) is 0 Å². The number of rotatable bonds is 2. The molecule has 0 aromatic heterocycles. The fraction of sp³-hybridized carbons (Fsp3) is 0.533. The van der Waals surface area contributed by atoms with Gasteiger partial charge in [0.15, 0.2) is 0 Å². The molecule has 1 amide bonds. The van der Waals surface area contributed by atoms with Gasteiger partial charge in [0.05, 0.1) is 6.04 Å². The lowest BCUT2D eigenvalue weighted by atomic mass is 9.94. The molecule has 2 atom stereocenters. The van der Waals surface area contributed by atoms with Gasteiger partial charge >= 0.3 is 6.09 Å². The van der Waals surface area contributed by atoms with Crippen molar-refractivity contribution in [1.82, 2.24) is 10.6 Å². The van der Waals surface area contributed by atoms with Crippen molar-refractivity contribution >= 4 is 6.09 Å². The molecular formula is C15H21FN2O2. The van der Waals surface area contributed by atoms with E-state index in [2.05, 4.69) is 10.6 Å². The molecular weight excluding hydrogens is 259 g/mol. The van der Waals surface area contributed by atoms with E-state index in [0.717, 1.165) is 0 Å². The van der Waals surface area contributed by atoms with Gasteiger partial charge in [-0.2, -0.15) is 0 Å². The molecule has 5 heteroatoms. The maximum Gasteiger partial charge on any atom is 0.407 e. The minimum Gasteiger partial charge on any atom is -0.444 e. The molecule has 0 aliphatic carbocycles. The first-order valence-corrected chi connectivity index (χ1v) is 6.81. The van der Waals surface area contributed by atoms with E-state index < -0.39 is 11.7 Å². The van der Waals surface area contributed by atoms with Crippen LogP contribution in [0.25, 0.3) is 0 Å². The average molecular weight is 280 g/mol. The Morgan fingerprint density at radius 1 is 1.35 bits per heavy atom. The highest BCUT2D eigenvalue weighted by Gasteiger charge is 2.32. The standard InChI is InChI=1S/C15H21FN2O2/c1-15(2,3)20-14(19)18-13-9-17-8-11(13)10-6-4-5-7-12(10)16/h4-7,11,13,17H,8-9H2,1-3H3,(H,18,19)/t11-,13+/m0/s1. The molecule has 1 aliphatic rings. The van der Waals surface area contributed by atoms with Gasteiger partial charge in [0.25, 0.3) is 0 Å². The number of carbonyl (C=O) groups is 1. The van der Waals surface area contributed by atoms with Crippen LogP contribution in [0.1, 0.15) is 32.3 Å². The first-order chi connectivity index (χ1) is 9.37. The normalized spacial score (nSPS) is 22.6. The van der Waals surface area contributed by atoms with E-state index in [1.165, 1.54) is 6.07 Å². The Balaban J connectivity index is 2.05. The third kappa shape index (κ3) is 3.70. The Hall–Kier alpha value is -1.62. The average Bonchev–Trinajstić information content (AvgIpc) is 2.75. The Morgan fingerprint density at radius 2 is 2.05 bits per heavy atom. The highest BCUT2D eigenvalue weighted by atomic mass is 19.1. The smallest absolute Gasteiger partial charge is 0.407 e. The van der Waals surface area contributed by atoms with Crippen LogP contribution < -0.4 is 10.6 Å². The highest BCUT2D eigenvalue weighted by molar-refractivity contribution is 5.68. The van der Waals surface area contributed by atoms with E-state index in [1.807, 2.05) is 20.8 Å². The Bertz CT molecular complexity index is 485. The summed E-state index contributed by atoms with van der Waals surface area (Å²) < 4.78 is 19.1. The predicted molar refractivity (Wildman–Crippen MR) is 75.2 cm³/mol. The second-order valence-electron chi connectivity index (χ2n) is 6.04. The van der Waals surface area contributed by atoms with Crippen molar-refractivity contribution in [1.29, 1.82) is 0 Å². The summed E-state index contributed by atoms with van der Waals surface area (Å²) >= 11 is 0. The molecule has 1 heterocycles. The Morgan fingerprint density at radius 3 is 2.70 bits per heavy atom. The van der Waals surface area contributed by atoms with Crippen molar-refractivity contribution in [2.24, 2.45) is 0 Å². The molecule has 1 saturated heterocycles. The zero-order valence-corrected chi connectivity index (χ0v) is 12.1. The molecule has 0 saturated carbocycles. The van der Waals surface area contributed by atoms with Gasteiger partial charge in [-0.05, 0) is 32.4 Å². The van der Waals surface area contributed by atoms with Crippen molar-refractivity contribution in [3.63, 3.8) is 0 Å². The number of nitrogens with one attached hydrogen (secondary N) is 2. The van der Waals surface area contributed by atoms with Gasteiger partial charge in [-0.15, -0.1) is 0 Å². The quantitative estimate of drug-likeness (QED) is 0.874. The van der Waals surface area contributed by atoms with Crippen LogP contribution in [0.3, 0.4) is 0 Å². The number of carbonyl (C=O) groups excluding carboxylic acids is 1. The van der Waals surface area contributed by atoms with E-state index in [0.29, 0.717) is 18.7 Å². The third-order valence-corrected chi connectivity index (χ3v) is 3.22. The van der Waals surface area contributed by atoms with E-state index >= 15 is 0 Å². The van der Waals surface area contributed by atoms with Crippen molar-refractivity contribution in [3.8, 4) is 0 Å². The van der Waals surface area contributed by atoms with Gasteiger partial charge in [0.1, 0.15) is 11.4 Å². The molecule has 2 N–H and O–H groups in total. The molecule has 1 aromatic rings. The molecule has 0 unspecified atom stereocenters. The minimum absolute atomic E-state index is 0.0799. The van der Waals surface area contributed by atoms with E-state index in [1.54, 1.807) is 18.2 Å². The van der Waals surface area contributed by atoms with Gasteiger partial charge in [0, 0.05) is 19.0 Å². The summed E-state index contributed by atoms with van der Waals surface area (Å²) in [5, 5.41) is 6.00. The van der Waals surface area contributed by atoms with Crippen LogP contribution in [0.15, 0.2) is 24.3 Å². The maximum absolute atomic E-state index is 13.9. The lowest BCUT2D eigenvalue weighted by Gasteiger charge is -2.24. The molecule has 0 bridgehead atoms. The number of hydrogen-bond donors (Lipinski definition) is 2. The van der Waals surface area contributed by atoms with Gasteiger partial charge in [-0.1, -0.05) is 18.2 Å². The summed E-state index contributed by atoms with van der Waals surface area (Å²) in [5.41, 5.74) is 0.0856. The first-order valence-electron chi connectivity index (χ1n) is 6.81. The summed E-state index contributed by atoms with van der Waals surface area (Å²) in [6.45, 7) is 6.69. The third-order valence-electron chi connectivity index (χ3n) is 3.22. The number of halogens is 1. The highest BCUT2D eigenvalue weighted by Crippen LogP contribution is 2.25. The lowest BCUT2D eigenvalue weighted by Crippen LogP contribution is -2.42. The second-order valence-corrected chi connectivity index (χ2v) is 6.04. The summed E-state index contributed by atoms with van der Waals surface area (Å²) in [4.78, 5) is 11.8. The van der Waals surface area contributed by atoms with Gasteiger partial charge in [-0.25, -0.2) is 9.18 Å². The number of alkyl carbamates (subject to hydrolysis) is 1. The SMILES string of the molecule is CC(C)(C)OC(=O)N[C@@H]1CNC[C@H]1c1ccccc1F. The monoisotopic (exact) mass is 280 g/mol. The Labute approximate surface area is 118 Å². The summed E-state index contributed by atoms with van der Waals surface area (Å²) in [7, 11) is 0. The summed E-state index contributed by atoms with van der Waals surface area (Å²) in [6, 6.07) is 6.51. The molecule has 110 valence electrons. The van der Waals surface area contributed by atoms with E-state index in [-0.39, 0.29) is 17.8 Å².